The second kappa shape index (κ2) is 8.36. The Morgan fingerprint density at radius 3 is 2.35 bits per heavy atom. The van der Waals surface area contributed by atoms with Gasteiger partial charge in [-0.15, -0.1) is 0 Å². The summed E-state index contributed by atoms with van der Waals surface area (Å²) in [5, 5.41) is 27.2. The molecule has 0 bridgehead atoms. The molecule has 0 aliphatic carbocycles. The summed E-state index contributed by atoms with van der Waals surface area (Å²) in [6.45, 7) is 5.65. The van der Waals surface area contributed by atoms with E-state index in [-0.39, 0.29) is 40.9 Å². The van der Waals surface area contributed by atoms with E-state index in [0.29, 0.717) is 11.1 Å². The number of rotatable bonds is 7. The van der Waals surface area contributed by atoms with Crippen molar-refractivity contribution in [2.75, 3.05) is 13.1 Å². The van der Waals surface area contributed by atoms with Crippen LogP contribution in [0.1, 0.15) is 30.0 Å². The maximum atomic E-state index is 13.0. The van der Waals surface area contributed by atoms with Gasteiger partial charge in [0.05, 0.1) is 0 Å². The first-order chi connectivity index (χ1) is 14.6. The third-order valence-electron chi connectivity index (χ3n) is 4.91. The number of hydrogen-bond donors (Lipinski definition) is 4. The smallest absolute Gasteiger partial charge is 0.286 e. The predicted molar refractivity (Wildman–Crippen MR) is 114 cm³/mol. The molecule has 164 valence electrons. The summed E-state index contributed by atoms with van der Waals surface area (Å²) >= 11 is 0. The first-order valence-electron chi connectivity index (χ1n) is 9.49. The minimum atomic E-state index is -3.97. The molecule has 0 spiro atoms. The van der Waals surface area contributed by atoms with Crippen LogP contribution in [0.25, 0.3) is 22.5 Å². The van der Waals surface area contributed by atoms with Crippen LogP contribution < -0.4 is 5.73 Å². The number of H-pyrrole nitrogens is 1. The number of phenolic OH excluding ortho intramolecular Hbond substituents is 2. The lowest BCUT2D eigenvalue weighted by atomic mass is 9.97. The van der Waals surface area contributed by atoms with Crippen molar-refractivity contribution in [3.05, 3.63) is 41.7 Å². The van der Waals surface area contributed by atoms with E-state index >= 15 is 0 Å². The largest absolute Gasteiger partial charge is 0.507 e. The minimum Gasteiger partial charge on any atom is -0.507 e. The summed E-state index contributed by atoms with van der Waals surface area (Å²) in [5.74, 6) is -1.47. The average Bonchev–Trinajstić information content (AvgIpc) is 3.20. The maximum absolute atomic E-state index is 13.0. The maximum Gasteiger partial charge on any atom is 0.286 e. The van der Waals surface area contributed by atoms with E-state index in [4.69, 9.17) is 5.73 Å². The molecule has 1 amide bonds. The number of nitrogens with one attached hydrogen (secondary N) is 1. The number of primary amides is 1. The Labute approximate surface area is 179 Å². The Morgan fingerprint density at radius 1 is 1.10 bits per heavy atom. The number of nitrogens with two attached hydrogens (primary N) is 1. The number of aryl methyl sites for hydroxylation is 1. The molecule has 0 saturated heterocycles. The fourth-order valence-corrected chi connectivity index (χ4v) is 4.78. The Hall–Kier alpha value is -3.44. The van der Waals surface area contributed by atoms with Gasteiger partial charge < -0.3 is 15.9 Å². The third-order valence-corrected chi connectivity index (χ3v) is 6.98. The topological polar surface area (TPSA) is 162 Å². The van der Waals surface area contributed by atoms with Crippen LogP contribution in [0.4, 0.5) is 0 Å². The summed E-state index contributed by atoms with van der Waals surface area (Å²) < 4.78 is 27.1. The second-order valence-corrected chi connectivity index (χ2v) is 8.73. The van der Waals surface area contributed by atoms with Gasteiger partial charge in [0.15, 0.2) is 5.82 Å². The Balaban J connectivity index is 2.17. The number of hydrogen-bond acceptors (Lipinski definition) is 7. The summed E-state index contributed by atoms with van der Waals surface area (Å²) in [6.07, 6.45) is 0. The molecule has 0 atom stereocenters. The van der Waals surface area contributed by atoms with E-state index in [2.05, 4.69) is 15.2 Å². The molecule has 10 nitrogen and oxygen atoms in total. The number of nitrogens with zero attached hydrogens (tertiary/aromatic N) is 3. The molecular weight excluding hydrogens is 422 g/mol. The number of phenols is 2. The highest BCUT2D eigenvalue weighted by Crippen LogP contribution is 2.40. The monoisotopic (exact) mass is 445 g/mol. The van der Waals surface area contributed by atoms with Gasteiger partial charge in [-0.1, -0.05) is 26.0 Å². The van der Waals surface area contributed by atoms with E-state index < -0.39 is 21.7 Å². The molecule has 2 aromatic carbocycles. The van der Waals surface area contributed by atoms with E-state index in [1.807, 2.05) is 0 Å². The molecule has 1 aromatic heterocycles. The highest BCUT2D eigenvalue weighted by Gasteiger charge is 2.27. The summed E-state index contributed by atoms with van der Waals surface area (Å²) in [4.78, 5) is 15.0. The van der Waals surface area contributed by atoms with Crippen LogP contribution in [0.3, 0.4) is 0 Å². The van der Waals surface area contributed by atoms with Crippen LogP contribution in [0.15, 0.2) is 35.2 Å². The SMILES string of the molecule is CCN(CC)S(=O)(=O)c1cc(-c2cc(-c3n[nH]c(C(N)=O)n3)ccc2C)c(O)cc1O. The first kappa shape index (κ1) is 22.2. The van der Waals surface area contributed by atoms with Crippen LogP contribution in [0, 0.1) is 6.92 Å². The number of aromatic amines is 1. The van der Waals surface area contributed by atoms with Crippen LogP contribution in [-0.4, -0.2) is 57.1 Å². The highest BCUT2D eigenvalue weighted by molar-refractivity contribution is 7.89. The lowest BCUT2D eigenvalue weighted by Gasteiger charge is -2.20. The molecule has 3 rings (SSSR count). The van der Waals surface area contributed by atoms with Gasteiger partial charge in [-0.2, -0.15) is 9.40 Å². The van der Waals surface area contributed by atoms with Gasteiger partial charge in [-0.3, -0.25) is 9.89 Å². The molecule has 31 heavy (non-hydrogen) atoms. The van der Waals surface area contributed by atoms with Gasteiger partial charge in [0.25, 0.3) is 5.91 Å². The van der Waals surface area contributed by atoms with Crippen LogP contribution in [0.2, 0.25) is 0 Å². The number of aromatic hydroxyl groups is 2. The molecule has 3 aromatic rings. The van der Waals surface area contributed by atoms with E-state index in [1.54, 1.807) is 39.0 Å². The van der Waals surface area contributed by atoms with E-state index in [1.165, 1.54) is 10.4 Å². The van der Waals surface area contributed by atoms with Crippen LogP contribution in [0.5, 0.6) is 11.5 Å². The fraction of sp³-hybridized carbons (Fsp3) is 0.250. The summed E-state index contributed by atoms with van der Waals surface area (Å²) in [6, 6.07) is 7.38. The van der Waals surface area contributed by atoms with Gasteiger partial charge in [-0.05, 0) is 30.2 Å². The van der Waals surface area contributed by atoms with Gasteiger partial charge >= 0.3 is 0 Å². The molecule has 11 heteroatoms. The minimum absolute atomic E-state index is 0.0998. The van der Waals surface area contributed by atoms with Crippen molar-refractivity contribution in [3.63, 3.8) is 0 Å². The number of carbonyl (C=O) groups excluding carboxylic acids is 1. The molecule has 0 saturated carbocycles. The number of sulfonamides is 1. The van der Waals surface area contributed by atoms with Crippen molar-refractivity contribution in [2.24, 2.45) is 5.73 Å². The molecular formula is C20H23N5O5S. The van der Waals surface area contributed by atoms with Gasteiger partial charge in [0.2, 0.25) is 15.8 Å². The summed E-state index contributed by atoms with van der Waals surface area (Å²) in [7, 11) is -3.97. The van der Waals surface area contributed by atoms with Crippen molar-refractivity contribution in [3.8, 4) is 34.0 Å². The Kier molecular flexibility index (Phi) is 6.00. The van der Waals surface area contributed by atoms with Crippen molar-refractivity contribution in [2.45, 2.75) is 25.7 Å². The lowest BCUT2D eigenvalue weighted by molar-refractivity contribution is 0.0991. The molecule has 0 aliphatic rings. The lowest BCUT2D eigenvalue weighted by Crippen LogP contribution is -2.30. The fourth-order valence-electron chi connectivity index (χ4n) is 3.23. The number of carbonyl (C=O) groups is 1. The Morgan fingerprint density at radius 2 is 1.77 bits per heavy atom. The molecule has 0 unspecified atom stereocenters. The third kappa shape index (κ3) is 4.09. The quantitative estimate of drug-likeness (QED) is 0.432. The number of aromatic nitrogens is 3. The van der Waals surface area contributed by atoms with Gasteiger partial charge in [-0.25, -0.2) is 13.4 Å². The molecule has 0 fully saturated rings. The van der Waals surface area contributed by atoms with Crippen molar-refractivity contribution >= 4 is 15.9 Å². The number of amides is 1. The second-order valence-electron chi connectivity index (χ2n) is 6.83. The van der Waals surface area contributed by atoms with Crippen molar-refractivity contribution in [1.29, 1.82) is 0 Å². The normalized spacial score (nSPS) is 11.7. The predicted octanol–water partition coefficient (Wildman–Crippen LogP) is 1.99. The first-order valence-corrected chi connectivity index (χ1v) is 10.9. The average molecular weight is 446 g/mol. The highest BCUT2D eigenvalue weighted by atomic mass is 32.2. The standard InChI is InChI=1S/C20H23N5O5S/c1-4-25(5-2)31(29,30)17-9-14(15(26)10-16(17)27)13-8-12(7-6-11(13)3)19-22-20(18(21)28)24-23-19/h6-10,26-27H,4-5H2,1-3H3,(H2,21,28)(H,22,23,24). The molecule has 5 N–H and O–H groups in total. The van der Waals surface area contributed by atoms with E-state index in [0.717, 1.165) is 11.6 Å². The van der Waals surface area contributed by atoms with Crippen molar-refractivity contribution in [1.82, 2.24) is 19.5 Å². The molecule has 1 heterocycles. The Bertz CT molecular complexity index is 1250. The summed E-state index contributed by atoms with van der Waals surface area (Å²) in [5.41, 5.74) is 7.18. The van der Waals surface area contributed by atoms with Crippen LogP contribution in [-0.2, 0) is 10.0 Å². The zero-order chi connectivity index (χ0) is 22.9. The molecule has 0 aliphatic heterocycles. The van der Waals surface area contributed by atoms with Crippen LogP contribution >= 0.6 is 0 Å². The number of benzene rings is 2. The zero-order valence-electron chi connectivity index (χ0n) is 17.2. The van der Waals surface area contributed by atoms with Gasteiger partial charge in [0, 0.05) is 30.3 Å². The van der Waals surface area contributed by atoms with Crippen molar-refractivity contribution < 1.29 is 23.4 Å². The van der Waals surface area contributed by atoms with Gasteiger partial charge in [0.1, 0.15) is 16.4 Å². The van der Waals surface area contributed by atoms with E-state index in [9.17, 15) is 23.4 Å². The molecule has 0 radical (unpaired) electrons. The zero-order valence-corrected chi connectivity index (χ0v) is 18.1.